The van der Waals surface area contributed by atoms with Gasteiger partial charge in [-0.3, -0.25) is 4.79 Å². The zero-order valence-corrected chi connectivity index (χ0v) is 17.3. The van der Waals surface area contributed by atoms with E-state index in [1.165, 1.54) is 12.1 Å². The predicted octanol–water partition coefficient (Wildman–Crippen LogP) is 2.84. The van der Waals surface area contributed by atoms with Crippen molar-refractivity contribution >= 4 is 5.91 Å². The molecule has 6 nitrogen and oxygen atoms in total. The molecule has 4 aliphatic rings. The molecule has 31 heavy (non-hydrogen) atoms. The Bertz CT molecular complexity index is 1290. The van der Waals surface area contributed by atoms with Gasteiger partial charge in [0.15, 0.2) is 5.82 Å². The number of carbonyl (C=O) groups is 1. The third-order valence-corrected chi connectivity index (χ3v) is 7.74. The molecule has 1 aromatic carbocycles. The Balaban J connectivity index is 1.42. The van der Waals surface area contributed by atoms with E-state index >= 15 is 0 Å². The first-order valence-corrected chi connectivity index (χ1v) is 10.9. The van der Waals surface area contributed by atoms with Crippen LogP contribution in [0.5, 0.6) is 0 Å². The zero-order chi connectivity index (χ0) is 21.0. The van der Waals surface area contributed by atoms with Crippen molar-refractivity contribution in [2.45, 2.75) is 36.6 Å². The minimum Gasteiger partial charge on any atom is -0.356 e. The van der Waals surface area contributed by atoms with Crippen LogP contribution in [-0.2, 0) is 18.3 Å². The van der Waals surface area contributed by atoms with Gasteiger partial charge in [0, 0.05) is 30.5 Å². The average Bonchev–Trinajstić information content (AvgIpc) is 3.39. The number of nitrogens with zero attached hydrogens (tertiary/aromatic N) is 3. The van der Waals surface area contributed by atoms with E-state index in [0.29, 0.717) is 11.4 Å². The number of aromatic nitrogens is 3. The molecule has 0 unspecified atom stereocenters. The molecular weight excluding hydrogens is 393 g/mol. The highest BCUT2D eigenvalue weighted by molar-refractivity contribution is 6.02. The molecule has 2 fully saturated rings. The Labute approximate surface area is 178 Å². The van der Waals surface area contributed by atoms with E-state index < -0.39 is 0 Å². The second-order valence-electron chi connectivity index (χ2n) is 9.60. The summed E-state index contributed by atoms with van der Waals surface area (Å²) in [6.07, 6.45) is 5.52. The van der Waals surface area contributed by atoms with Gasteiger partial charge < -0.3 is 15.2 Å². The van der Waals surface area contributed by atoms with E-state index in [0.717, 1.165) is 72.5 Å². The molecule has 2 aliphatic carbocycles. The van der Waals surface area contributed by atoms with Crippen molar-refractivity contribution in [1.82, 2.24) is 25.2 Å². The Morgan fingerprint density at radius 3 is 2.77 bits per heavy atom. The number of rotatable bonds is 1. The first kappa shape index (κ1) is 17.6. The average molecular weight is 415 g/mol. The number of amides is 1. The summed E-state index contributed by atoms with van der Waals surface area (Å²) in [4.78, 5) is 28.5. The molecule has 156 valence electrons. The van der Waals surface area contributed by atoms with Gasteiger partial charge in [-0.1, -0.05) is 12.1 Å². The number of aromatic amines is 1. The molecule has 2 spiro atoms. The smallest absolute Gasteiger partial charge is 0.253 e. The maximum atomic E-state index is 13.8. The zero-order valence-electron chi connectivity index (χ0n) is 17.3. The van der Waals surface area contributed by atoms with Crippen molar-refractivity contribution in [2.75, 3.05) is 20.1 Å². The summed E-state index contributed by atoms with van der Waals surface area (Å²) < 4.78 is 13.8. The van der Waals surface area contributed by atoms with Gasteiger partial charge in [0.25, 0.3) is 5.91 Å². The summed E-state index contributed by atoms with van der Waals surface area (Å²) in [5.74, 6) is 0.241. The first-order valence-electron chi connectivity index (χ1n) is 10.9. The highest BCUT2D eigenvalue weighted by Crippen LogP contribution is 2.59. The van der Waals surface area contributed by atoms with E-state index in [9.17, 15) is 9.18 Å². The van der Waals surface area contributed by atoms with Crippen LogP contribution < -0.4 is 5.32 Å². The molecule has 1 saturated carbocycles. The van der Waals surface area contributed by atoms with E-state index in [1.807, 2.05) is 12.3 Å². The van der Waals surface area contributed by atoms with E-state index in [1.54, 1.807) is 6.07 Å². The maximum Gasteiger partial charge on any atom is 0.253 e. The van der Waals surface area contributed by atoms with Crippen LogP contribution in [0.1, 0.15) is 40.0 Å². The number of aryl methyl sites for hydroxylation is 1. The van der Waals surface area contributed by atoms with E-state index in [-0.39, 0.29) is 22.7 Å². The fourth-order valence-electron chi connectivity index (χ4n) is 6.14. The number of hydrogen-bond acceptors (Lipinski definition) is 4. The van der Waals surface area contributed by atoms with Gasteiger partial charge in [-0.05, 0) is 56.0 Å². The third-order valence-electron chi connectivity index (χ3n) is 7.74. The standard InChI is InChI=1S/C24H22FN5O/c1-30-11-23(12-30)20-17(22(31)29-24(23)7-8-24)16-6-5-14-10-26-21(28-18(14)19(16)27-20)13-3-2-4-15(25)9-13/h2-4,9-10,27H,5-8,11-12H2,1H3,(H,29,31). The quantitative estimate of drug-likeness (QED) is 0.641. The van der Waals surface area contributed by atoms with Crippen LogP contribution in [0.4, 0.5) is 4.39 Å². The summed E-state index contributed by atoms with van der Waals surface area (Å²) >= 11 is 0. The maximum absolute atomic E-state index is 13.8. The molecule has 0 bridgehead atoms. The molecule has 2 aromatic heterocycles. The third kappa shape index (κ3) is 2.17. The van der Waals surface area contributed by atoms with Crippen molar-refractivity contribution in [1.29, 1.82) is 0 Å². The number of hydrogen-bond donors (Lipinski definition) is 2. The number of nitrogens with one attached hydrogen (secondary N) is 2. The number of carbonyl (C=O) groups excluding carboxylic acids is 1. The van der Waals surface area contributed by atoms with Crippen molar-refractivity contribution < 1.29 is 9.18 Å². The number of fused-ring (bicyclic) bond motifs is 7. The number of likely N-dealkylation sites (N-methyl/N-ethyl adjacent to an activating group) is 1. The second kappa shape index (κ2) is 5.59. The van der Waals surface area contributed by atoms with Crippen molar-refractivity contribution in [3.8, 4) is 22.8 Å². The fraction of sp³-hybridized carbons (Fsp3) is 0.375. The van der Waals surface area contributed by atoms with Crippen LogP contribution in [0.3, 0.4) is 0 Å². The molecule has 2 N–H and O–H groups in total. The predicted molar refractivity (Wildman–Crippen MR) is 113 cm³/mol. The molecule has 0 radical (unpaired) electrons. The van der Waals surface area contributed by atoms with Crippen LogP contribution in [0.2, 0.25) is 0 Å². The van der Waals surface area contributed by atoms with Gasteiger partial charge in [0.1, 0.15) is 5.82 Å². The number of benzene rings is 1. The van der Waals surface area contributed by atoms with Gasteiger partial charge in [0.05, 0.1) is 27.9 Å². The number of likely N-dealkylation sites (tertiary alicyclic amines) is 1. The summed E-state index contributed by atoms with van der Waals surface area (Å²) in [7, 11) is 2.13. The molecule has 2 aliphatic heterocycles. The molecule has 1 amide bonds. The lowest BCUT2D eigenvalue weighted by Gasteiger charge is -2.55. The van der Waals surface area contributed by atoms with Crippen molar-refractivity contribution in [3.05, 3.63) is 58.7 Å². The lowest BCUT2D eigenvalue weighted by molar-refractivity contribution is 0.0339. The molecule has 1 saturated heterocycles. The molecule has 7 heteroatoms. The van der Waals surface area contributed by atoms with Crippen LogP contribution in [-0.4, -0.2) is 51.4 Å². The van der Waals surface area contributed by atoms with Gasteiger partial charge >= 0.3 is 0 Å². The Hall–Kier alpha value is -3.06. The Morgan fingerprint density at radius 2 is 2.03 bits per heavy atom. The summed E-state index contributed by atoms with van der Waals surface area (Å²) in [5, 5.41) is 3.38. The van der Waals surface area contributed by atoms with Gasteiger partial charge in [0.2, 0.25) is 0 Å². The number of H-pyrrole nitrogens is 1. The molecule has 4 heterocycles. The highest BCUT2D eigenvalue weighted by Gasteiger charge is 2.69. The van der Waals surface area contributed by atoms with E-state index in [2.05, 4.69) is 27.2 Å². The lowest BCUT2D eigenvalue weighted by atomic mass is 9.65. The summed E-state index contributed by atoms with van der Waals surface area (Å²) in [6.45, 7) is 1.90. The van der Waals surface area contributed by atoms with Gasteiger partial charge in [-0.15, -0.1) is 0 Å². The van der Waals surface area contributed by atoms with Gasteiger partial charge in [-0.2, -0.15) is 0 Å². The normalized spacial score (nSPS) is 21.8. The van der Waals surface area contributed by atoms with Crippen LogP contribution in [0.25, 0.3) is 22.8 Å². The van der Waals surface area contributed by atoms with Crippen molar-refractivity contribution in [2.24, 2.45) is 0 Å². The van der Waals surface area contributed by atoms with Crippen LogP contribution >= 0.6 is 0 Å². The van der Waals surface area contributed by atoms with Crippen LogP contribution in [0.15, 0.2) is 30.5 Å². The Morgan fingerprint density at radius 1 is 1.19 bits per heavy atom. The minimum atomic E-state index is -0.308. The minimum absolute atomic E-state index is 0.0408. The summed E-state index contributed by atoms with van der Waals surface area (Å²) in [6, 6.07) is 6.36. The van der Waals surface area contributed by atoms with Crippen LogP contribution in [0, 0.1) is 5.82 Å². The monoisotopic (exact) mass is 415 g/mol. The lowest BCUT2D eigenvalue weighted by Crippen LogP contribution is -2.71. The molecule has 3 aromatic rings. The van der Waals surface area contributed by atoms with Gasteiger partial charge in [-0.25, -0.2) is 14.4 Å². The fourth-order valence-corrected chi connectivity index (χ4v) is 6.14. The summed E-state index contributed by atoms with van der Waals surface area (Å²) in [5.41, 5.74) is 6.34. The topological polar surface area (TPSA) is 73.9 Å². The largest absolute Gasteiger partial charge is 0.356 e. The van der Waals surface area contributed by atoms with E-state index in [4.69, 9.17) is 4.98 Å². The second-order valence-corrected chi connectivity index (χ2v) is 9.60. The molecular formula is C24H22FN5O. The van der Waals surface area contributed by atoms with Crippen molar-refractivity contribution in [3.63, 3.8) is 0 Å². The SMILES string of the molecule is CN1CC2(C1)c1[nH]c3c(c1C(=O)NC21CC1)CCc1cnc(-c2cccc(F)c2)nc1-3. The first-order chi connectivity index (χ1) is 15.0. The Kier molecular flexibility index (Phi) is 3.17. The highest BCUT2D eigenvalue weighted by atomic mass is 19.1. The molecule has 0 atom stereocenters. The molecule has 7 rings (SSSR count). The number of halogens is 1.